The first-order valence-electron chi connectivity index (χ1n) is 7.89. The molecule has 2 aromatic carbocycles. The maximum absolute atomic E-state index is 6.07. The third-order valence-corrected chi connectivity index (χ3v) is 5.80. The lowest BCUT2D eigenvalue weighted by atomic mass is 9.65. The summed E-state index contributed by atoms with van der Waals surface area (Å²) in [6, 6.07) is 14.9. The van der Waals surface area contributed by atoms with Crippen LogP contribution >= 0.6 is 15.9 Å². The second kappa shape index (κ2) is 5.25. The van der Waals surface area contributed by atoms with Gasteiger partial charge in [0.25, 0.3) is 0 Å². The zero-order valence-corrected chi connectivity index (χ0v) is 15.1. The number of halogens is 1. The van der Waals surface area contributed by atoms with Crippen molar-refractivity contribution in [2.75, 3.05) is 18.8 Å². The van der Waals surface area contributed by atoms with Gasteiger partial charge >= 0.3 is 0 Å². The molecule has 120 valence electrons. The molecule has 0 aliphatic carbocycles. The van der Waals surface area contributed by atoms with Gasteiger partial charge in [0.15, 0.2) is 0 Å². The topological polar surface area (TPSA) is 21.7 Å². The van der Waals surface area contributed by atoms with Gasteiger partial charge in [-0.1, -0.05) is 48.0 Å². The molecule has 0 N–H and O–H groups in total. The van der Waals surface area contributed by atoms with Crippen molar-refractivity contribution in [2.24, 2.45) is 5.92 Å². The summed E-state index contributed by atoms with van der Waals surface area (Å²) in [7, 11) is 1.75. The molecule has 0 amide bonds. The van der Waals surface area contributed by atoms with E-state index in [2.05, 4.69) is 65.2 Å². The zero-order valence-electron chi connectivity index (χ0n) is 13.5. The Hall–Kier alpha value is -1.52. The summed E-state index contributed by atoms with van der Waals surface area (Å²) in [6.07, 6.45) is 0. The number of hydroxylamine groups is 1. The van der Waals surface area contributed by atoms with E-state index in [-0.39, 0.29) is 11.5 Å². The van der Waals surface area contributed by atoms with Crippen molar-refractivity contribution in [1.29, 1.82) is 0 Å². The molecule has 3 nitrogen and oxygen atoms in total. The quantitative estimate of drug-likeness (QED) is 0.712. The van der Waals surface area contributed by atoms with E-state index in [4.69, 9.17) is 9.57 Å². The van der Waals surface area contributed by atoms with Gasteiger partial charge < -0.3 is 4.74 Å². The van der Waals surface area contributed by atoms with Crippen molar-refractivity contribution in [3.05, 3.63) is 58.1 Å². The molecule has 4 heteroatoms. The predicted octanol–water partition coefficient (Wildman–Crippen LogP) is 4.86. The van der Waals surface area contributed by atoms with E-state index >= 15 is 0 Å². The van der Waals surface area contributed by atoms with Gasteiger partial charge in [-0.15, -0.1) is 0 Å². The number of nitrogens with zero attached hydrogens (tertiary/aromatic N) is 1. The molecule has 2 aromatic rings. The fourth-order valence-corrected chi connectivity index (χ4v) is 4.38. The SMILES string of the molecule is CON1c2ccc(Br)cc2C(C)(C)[C@H]2COc3ccccc3[C@H]21. The molecule has 2 heterocycles. The predicted molar refractivity (Wildman–Crippen MR) is 94.8 cm³/mol. The maximum Gasteiger partial charge on any atom is 0.124 e. The van der Waals surface area contributed by atoms with E-state index < -0.39 is 0 Å². The minimum Gasteiger partial charge on any atom is -0.493 e. The summed E-state index contributed by atoms with van der Waals surface area (Å²) in [5.41, 5.74) is 3.62. The van der Waals surface area contributed by atoms with Gasteiger partial charge in [0.1, 0.15) is 5.75 Å². The zero-order chi connectivity index (χ0) is 16.2. The van der Waals surface area contributed by atoms with Crippen LogP contribution in [0.15, 0.2) is 46.9 Å². The van der Waals surface area contributed by atoms with Crippen LogP contribution in [0.4, 0.5) is 5.69 Å². The second-order valence-electron chi connectivity index (χ2n) is 6.79. The Bertz CT molecular complexity index is 759. The van der Waals surface area contributed by atoms with Crippen molar-refractivity contribution >= 4 is 21.6 Å². The van der Waals surface area contributed by atoms with E-state index in [9.17, 15) is 0 Å². The summed E-state index contributed by atoms with van der Waals surface area (Å²) >= 11 is 3.61. The number of anilines is 1. The van der Waals surface area contributed by atoms with Crippen molar-refractivity contribution in [2.45, 2.75) is 25.3 Å². The number of para-hydroxylation sites is 1. The highest BCUT2D eigenvalue weighted by molar-refractivity contribution is 9.10. The average Bonchev–Trinajstić information content (AvgIpc) is 2.55. The molecule has 23 heavy (non-hydrogen) atoms. The summed E-state index contributed by atoms with van der Waals surface area (Å²) in [4.78, 5) is 5.84. The monoisotopic (exact) mass is 373 g/mol. The molecule has 4 rings (SSSR count). The number of benzene rings is 2. The van der Waals surface area contributed by atoms with Gasteiger partial charge in [0, 0.05) is 21.4 Å². The highest BCUT2D eigenvalue weighted by atomic mass is 79.9. The van der Waals surface area contributed by atoms with E-state index in [0.29, 0.717) is 12.5 Å². The van der Waals surface area contributed by atoms with Crippen LogP contribution in [-0.4, -0.2) is 13.7 Å². The molecule has 0 fully saturated rings. The Morgan fingerprint density at radius 3 is 2.78 bits per heavy atom. The van der Waals surface area contributed by atoms with Crippen LogP contribution in [0.5, 0.6) is 5.75 Å². The van der Waals surface area contributed by atoms with Crippen LogP contribution in [0.2, 0.25) is 0 Å². The van der Waals surface area contributed by atoms with Crippen molar-refractivity contribution in [3.63, 3.8) is 0 Å². The first-order chi connectivity index (χ1) is 11.0. The van der Waals surface area contributed by atoms with Crippen molar-refractivity contribution in [3.8, 4) is 5.75 Å². The number of hydrogen-bond donors (Lipinski definition) is 0. The third kappa shape index (κ3) is 2.12. The summed E-state index contributed by atoms with van der Waals surface area (Å²) in [6.45, 7) is 5.31. The van der Waals surface area contributed by atoms with E-state index in [0.717, 1.165) is 15.9 Å². The minimum atomic E-state index is -0.00760. The lowest BCUT2D eigenvalue weighted by Gasteiger charge is -2.52. The largest absolute Gasteiger partial charge is 0.493 e. The van der Waals surface area contributed by atoms with Crippen LogP contribution in [0, 0.1) is 5.92 Å². The number of hydrogen-bond acceptors (Lipinski definition) is 3. The normalized spacial score (nSPS) is 24.3. The molecule has 0 unspecified atom stereocenters. The molecule has 0 radical (unpaired) electrons. The number of fused-ring (bicyclic) bond motifs is 4. The molecule has 0 spiro atoms. The van der Waals surface area contributed by atoms with E-state index in [1.165, 1.54) is 11.1 Å². The Kier molecular flexibility index (Phi) is 3.43. The molecule has 2 aliphatic heterocycles. The summed E-state index contributed by atoms with van der Waals surface area (Å²) in [5.74, 6) is 1.28. The van der Waals surface area contributed by atoms with E-state index in [1.807, 2.05) is 12.1 Å². The Labute approximate surface area is 145 Å². The smallest absolute Gasteiger partial charge is 0.124 e. The highest BCUT2D eigenvalue weighted by Crippen LogP contribution is 2.55. The van der Waals surface area contributed by atoms with Crippen LogP contribution in [0.25, 0.3) is 0 Å². The minimum absolute atomic E-state index is 0.00760. The van der Waals surface area contributed by atoms with Crippen molar-refractivity contribution in [1.82, 2.24) is 0 Å². The number of ether oxygens (including phenoxy) is 1. The average molecular weight is 374 g/mol. The van der Waals surface area contributed by atoms with Gasteiger partial charge in [-0.05, 0) is 29.8 Å². The summed E-state index contributed by atoms with van der Waals surface area (Å²) in [5, 5.41) is 2.05. The van der Waals surface area contributed by atoms with E-state index in [1.54, 1.807) is 7.11 Å². The first kappa shape index (κ1) is 15.0. The fourth-order valence-electron chi connectivity index (χ4n) is 4.01. The Morgan fingerprint density at radius 1 is 1.22 bits per heavy atom. The van der Waals surface area contributed by atoms with Gasteiger partial charge in [0.05, 0.1) is 25.4 Å². The molecule has 0 saturated heterocycles. The molecular formula is C19H20BrNO2. The van der Waals surface area contributed by atoms with Crippen LogP contribution in [0.3, 0.4) is 0 Å². The van der Waals surface area contributed by atoms with Crippen molar-refractivity contribution < 1.29 is 9.57 Å². The maximum atomic E-state index is 6.07. The Balaban J connectivity index is 1.95. The van der Waals surface area contributed by atoms with Gasteiger partial charge in [-0.2, -0.15) is 0 Å². The number of rotatable bonds is 1. The lowest BCUT2D eigenvalue weighted by Crippen LogP contribution is -2.51. The third-order valence-electron chi connectivity index (χ3n) is 5.30. The van der Waals surface area contributed by atoms with Crippen LogP contribution < -0.4 is 9.80 Å². The molecule has 0 bridgehead atoms. The second-order valence-corrected chi connectivity index (χ2v) is 7.71. The van der Waals surface area contributed by atoms with Gasteiger partial charge in [-0.25, -0.2) is 5.06 Å². The first-order valence-corrected chi connectivity index (χ1v) is 8.68. The molecule has 0 aromatic heterocycles. The Morgan fingerprint density at radius 2 is 2.00 bits per heavy atom. The molecular weight excluding hydrogens is 354 g/mol. The molecule has 2 aliphatic rings. The van der Waals surface area contributed by atoms with Crippen LogP contribution in [-0.2, 0) is 10.3 Å². The molecule has 0 saturated carbocycles. The van der Waals surface area contributed by atoms with Gasteiger partial charge in [0.2, 0.25) is 0 Å². The standard InChI is InChI=1S/C19H20BrNO2/c1-19(2)14-10-12(20)8-9-16(14)21(22-3)18-13-6-4-5-7-17(13)23-11-15(18)19/h4-10,15,18H,11H2,1-3H3/t15-,18+/m0/s1. The highest BCUT2D eigenvalue weighted by Gasteiger charge is 2.50. The summed E-state index contributed by atoms with van der Waals surface area (Å²) < 4.78 is 7.17. The van der Waals surface area contributed by atoms with Crippen LogP contribution in [0.1, 0.15) is 31.0 Å². The van der Waals surface area contributed by atoms with Gasteiger partial charge in [-0.3, -0.25) is 4.84 Å². The fraction of sp³-hybridized carbons (Fsp3) is 0.368. The lowest BCUT2D eigenvalue weighted by molar-refractivity contribution is 0.0441. The molecule has 2 atom stereocenters.